The normalized spacial score (nSPS) is 18.8. The van der Waals surface area contributed by atoms with Gasteiger partial charge in [0, 0.05) is 13.1 Å². The number of carbonyl (C=O) groups excluding carboxylic acids is 1. The van der Waals surface area contributed by atoms with E-state index in [0.717, 1.165) is 0 Å². The average molecular weight is 272 g/mol. The fourth-order valence-electron chi connectivity index (χ4n) is 1.82. The van der Waals surface area contributed by atoms with Crippen molar-refractivity contribution in [2.75, 3.05) is 13.1 Å². The quantitative estimate of drug-likeness (QED) is 0.614. The van der Waals surface area contributed by atoms with Gasteiger partial charge in [-0.1, -0.05) is 6.07 Å². The summed E-state index contributed by atoms with van der Waals surface area (Å²) >= 11 is 1.22. The lowest BCUT2D eigenvalue weighted by Gasteiger charge is -2.28. The Bertz CT molecular complexity index is 510. The van der Waals surface area contributed by atoms with Crippen molar-refractivity contribution in [1.29, 1.82) is 0 Å². The molecule has 17 heavy (non-hydrogen) atoms. The molecule has 0 radical (unpaired) electrons. The maximum absolute atomic E-state index is 12.1. The Kier molecular flexibility index (Phi) is 3.73. The number of piperidine rings is 1. The molecule has 1 aliphatic heterocycles. The number of hydrogen-bond acceptors (Lipinski definition) is 5. The number of isocyanates is 1. The van der Waals surface area contributed by atoms with Crippen LogP contribution in [0.25, 0.3) is 0 Å². The fraction of sp³-hybridized carbons (Fsp3) is 0.500. The molecule has 92 valence electrons. The van der Waals surface area contributed by atoms with Gasteiger partial charge in [-0.3, -0.25) is 0 Å². The van der Waals surface area contributed by atoms with Crippen LogP contribution >= 0.6 is 11.3 Å². The van der Waals surface area contributed by atoms with Gasteiger partial charge in [0.1, 0.15) is 4.21 Å². The second-order valence-electron chi connectivity index (χ2n) is 3.79. The summed E-state index contributed by atoms with van der Waals surface area (Å²) in [7, 11) is -3.35. The van der Waals surface area contributed by atoms with Crippen molar-refractivity contribution in [3.05, 3.63) is 17.5 Å². The van der Waals surface area contributed by atoms with Crippen LogP contribution in [0.2, 0.25) is 0 Å². The molecule has 0 N–H and O–H groups in total. The van der Waals surface area contributed by atoms with Crippen molar-refractivity contribution in [3.8, 4) is 0 Å². The summed E-state index contributed by atoms with van der Waals surface area (Å²) in [6.07, 6.45) is 2.69. The molecule has 1 aromatic rings. The van der Waals surface area contributed by atoms with Crippen LogP contribution in [0, 0.1) is 0 Å². The number of thiophene rings is 1. The largest absolute Gasteiger partial charge is 0.252 e. The Morgan fingerprint density at radius 2 is 2.12 bits per heavy atom. The van der Waals surface area contributed by atoms with Gasteiger partial charge < -0.3 is 0 Å². The molecule has 0 amide bonds. The van der Waals surface area contributed by atoms with E-state index in [-0.39, 0.29) is 6.04 Å². The number of nitrogens with zero attached hydrogens (tertiary/aromatic N) is 2. The summed E-state index contributed by atoms with van der Waals surface area (Å²) in [5.41, 5.74) is 0. The zero-order chi connectivity index (χ0) is 12.3. The highest BCUT2D eigenvalue weighted by Gasteiger charge is 2.29. The molecule has 0 bridgehead atoms. The second-order valence-corrected chi connectivity index (χ2v) is 6.90. The van der Waals surface area contributed by atoms with E-state index in [1.54, 1.807) is 17.5 Å². The predicted octanol–water partition coefficient (Wildman–Crippen LogP) is 1.24. The third-order valence-electron chi connectivity index (χ3n) is 2.75. The van der Waals surface area contributed by atoms with Crippen LogP contribution in [-0.4, -0.2) is 37.9 Å². The lowest BCUT2D eigenvalue weighted by atomic mass is 10.1. The molecule has 1 aliphatic rings. The van der Waals surface area contributed by atoms with Gasteiger partial charge in [-0.15, -0.1) is 11.3 Å². The fourth-order valence-corrected chi connectivity index (χ4v) is 4.44. The third kappa shape index (κ3) is 2.63. The molecule has 0 spiro atoms. The van der Waals surface area contributed by atoms with Crippen LogP contribution in [0.4, 0.5) is 0 Å². The Labute approximate surface area is 104 Å². The lowest BCUT2D eigenvalue weighted by molar-refractivity contribution is 0.321. The predicted molar refractivity (Wildman–Crippen MR) is 64.2 cm³/mol. The molecule has 0 aliphatic carbocycles. The van der Waals surface area contributed by atoms with Gasteiger partial charge >= 0.3 is 0 Å². The standard InChI is InChI=1S/C10H12N2O3S2/c13-8-11-9-3-5-12(6-4-9)17(14,15)10-2-1-7-16-10/h1-2,7,9H,3-6H2. The van der Waals surface area contributed by atoms with Gasteiger partial charge in [-0.2, -0.15) is 4.31 Å². The van der Waals surface area contributed by atoms with Gasteiger partial charge in [0.25, 0.3) is 10.0 Å². The van der Waals surface area contributed by atoms with Crippen LogP contribution in [0.3, 0.4) is 0 Å². The van der Waals surface area contributed by atoms with E-state index in [9.17, 15) is 13.2 Å². The number of aliphatic imine (C=N–C) groups is 1. The zero-order valence-electron chi connectivity index (χ0n) is 9.07. The van der Waals surface area contributed by atoms with Gasteiger partial charge in [0.2, 0.25) is 6.08 Å². The van der Waals surface area contributed by atoms with Crippen LogP contribution in [0.1, 0.15) is 12.8 Å². The van der Waals surface area contributed by atoms with E-state index in [4.69, 9.17) is 0 Å². The van der Waals surface area contributed by atoms with Crippen molar-refractivity contribution < 1.29 is 13.2 Å². The monoisotopic (exact) mass is 272 g/mol. The molecule has 5 nitrogen and oxygen atoms in total. The Balaban J connectivity index is 2.09. The minimum absolute atomic E-state index is 0.0812. The molecular weight excluding hydrogens is 260 g/mol. The Hall–Kier alpha value is -1.01. The first-order valence-electron chi connectivity index (χ1n) is 5.25. The molecule has 1 fully saturated rings. The molecule has 0 unspecified atom stereocenters. The first kappa shape index (κ1) is 12.4. The van der Waals surface area contributed by atoms with E-state index in [1.165, 1.54) is 21.7 Å². The molecule has 2 rings (SSSR count). The van der Waals surface area contributed by atoms with Gasteiger partial charge in [-0.25, -0.2) is 18.2 Å². The van der Waals surface area contributed by atoms with Crippen molar-refractivity contribution in [1.82, 2.24) is 4.31 Å². The second kappa shape index (κ2) is 5.10. The van der Waals surface area contributed by atoms with Gasteiger partial charge in [0.15, 0.2) is 0 Å². The number of rotatable bonds is 3. The minimum Gasteiger partial charge on any atom is -0.211 e. The highest BCUT2D eigenvalue weighted by Crippen LogP contribution is 2.24. The topological polar surface area (TPSA) is 66.8 Å². The number of hydrogen-bond donors (Lipinski definition) is 0. The lowest BCUT2D eigenvalue weighted by Crippen LogP contribution is -2.39. The summed E-state index contributed by atoms with van der Waals surface area (Å²) in [5.74, 6) is 0. The Morgan fingerprint density at radius 3 is 2.65 bits per heavy atom. The smallest absolute Gasteiger partial charge is 0.211 e. The first-order valence-corrected chi connectivity index (χ1v) is 7.57. The number of sulfonamides is 1. The van der Waals surface area contributed by atoms with E-state index in [0.29, 0.717) is 30.1 Å². The molecule has 0 atom stereocenters. The average Bonchev–Trinajstić information content (AvgIpc) is 2.84. The molecule has 0 saturated carbocycles. The summed E-state index contributed by atoms with van der Waals surface area (Å²) in [6.45, 7) is 0.826. The molecular formula is C10H12N2O3S2. The summed E-state index contributed by atoms with van der Waals surface area (Å²) in [5, 5.41) is 1.75. The molecule has 0 aromatic carbocycles. The van der Waals surface area contributed by atoms with Crippen LogP contribution in [0.5, 0.6) is 0 Å². The van der Waals surface area contributed by atoms with Gasteiger partial charge in [0.05, 0.1) is 6.04 Å². The molecule has 2 heterocycles. The van der Waals surface area contributed by atoms with E-state index >= 15 is 0 Å². The van der Waals surface area contributed by atoms with E-state index < -0.39 is 10.0 Å². The summed E-state index contributed by atoms with van der Waals surface area (Å²) in [4.78, 5) is 13.8. The Morgan fingerprint density at radius 1 is 1.41 bits per heavy atom. The van der Waals surface area contributed by atoms with Crippen LogP contribution in [0.15, 0.2) is 26.7 Å². The van der Waals surface area contributed by atoms with E-state index in [1.807, 2.05) is 0 Å². The van der Waals surface area contributed by atoms with Crippen molar-refractivity contribution in [2.45, 2.75) is 23.1 Å². The maximum atomic E-state index is 12.1. The summed E-state index contributed by atoms with van der Waals surface area (Å²) in [6, 6.07) is 3.25. The highest BCUT2D eigenvalue weighted by atomic mass is 32.2. The van der Waals surface area contributed by atoms with Crippen molar-refractivity contribution >= 4 is 27.4 Å². The van der Waals surface area contributed by atoms with Gasteiger partial charge in [-0.05, 0) is 24.3 Å². The van der Waals surface area contributed by atoms with E-state index in [2.05, 4.69) is 4.99 Å². The minimum atomic E-state index is -3.35. The molecule has 1 saturated heterocycles. The highest BCUT2D eigenvalue weighted by molar-refractivity contribution is 7.91. The third-order valence-corrected chi connectivity index (χ3v) is 6.02. The first-order chi connectivity index (χ1) is 8.14. The van der Waals surface area contributed by atoms with Crippen molar-refractivity contribution in [2.24, 2.45) is 4.99 Å². The zero-order valence-corrected chi connectivity index (χ0v) is 10.7. The molecule has 7 heteroatoms. The SMILES string of the molecule is O=C=NC1CCN(S(=O)(=O)c2cccs2)CC1. The summed E-state index contributed by atoms with van der Waals surface area (Å²) < 4.78 is 26.1. The molecule has 1 aromatic heterocycles. The van der Waals surface area contributed by atoms with Crippen LogP contribution in [-0.2, 0) is 14.8 Å². The van der Waals surface area contributed by atoms with Crippen molar-refractivity contribution in [3.63, 3.8) is 0 Å². The van der Waals surface area contributed by atoms with Crippen LogP contribution < -0.4 is 0 Å². The maximum Gasteiger partial charge on any atom is 0.252 e.